The molecule has 0 fully saturated rings. The fraction of sp³-hybridized carbons (Fsp3) is 0.211. The number of hydrogen-bond donors (Lipinski definition) is 2. The number of nitrogens with one attached hydrogen (secondary N) is 2. The number of nitrogens with zero attached hydrogens (tertiary/aromatic N) is 3. The molecule has 9 heteroatoms. The summed E-state index contributed by atoms with van der Waals surface area (Å²) in [5, 5.41) is 9.14. The maximum atomic E-state index is 13.6. The molecule has 0 saturated carbocycles. The first-order valence-electron chi connectivity index (χ1n) is 8.53. The summed E-state index contributed by atoms with van der Waals surface area (Å²) in [5.74, 6) is 0. The summed E-state index contributed by atoms with van der Waals surface area (Å²) in [4.78, 5) is 16.9. The van der Waals surface area contributed by atoms with Crippen LogP contribution in [0, 0.1) is 13.8 Å². The number of hydrogen-bond acceptors (Lipinski definition) is 3. The van der Waals surface area contributed by atoms with Crippen LogP contribution < -0.4 is 5.56 Å². The Balaban J connectivity index is 1.97. The zero-order valence-corrected chi connectivity index (χ0v) is 15.1. The van der Waals surface area contributed by atoms with Crippen LogP contribution in [0.4, 0.5) is 13.2 Å². The van der Waals surface area contributed by atoms with Crippen molar-refractivity contribution >= 4 is 5.65 Å². The van der Waals surface area contributed by atoms with Crippen molar-refractivity contribution in [2.75, 3.05) is 0 Å². The Morgan fingerprint density at radius 1 is 1.14 bits per heavy atom. The van der Waals surface area contributed by atoms with Crippen LogP contribution >= 0.6 is 0 Å². The molecule has 4 aromatic rings. The summed E-state index contributed by atoms with van der Waals surface area (Å²) in [5.41, 5.74) is 1.34. The summed E-state index contributed by atoms with van der Waals surface area (Å²) in [7, 11) is 0. The standard InChI is InChI=1S/C19H16F3N5O/c1-10-14(11(2)25-24-10)8-13-9-15(28)27-18(23-13)16(12-6-4-3-5-7-12)17(26-27)19(20,21)22/h3-7,9,26H,8H2,1-2H3,(H,24,25). The van der Waals surface area contributed by atoms with E-state index >= 15 is 0 Å². The highest BCUT2D eigenvalue weighted by Crippen LogP contribution is 2.38. The molecule has 0 amide bonds. The van der Waals surface area contributed by atoms with Gasteiger partial charge in [-0.1, -0.05) is 30.3 Å². The van der Waals surface area contributed by atoms with Gasteiger partial charge in [0.1, 0.15) is 5.69 Å². The topological polar surface area (TPSA) is 78.8 Å². The third kappa shape index (κ3) is 2.98. The molecule has 0 aliphatic rings. The average Bonchev–Trinajstić information content (AvgIpc) is 3.18. The Labute approximate surface area is 157 Å². The summed E-state index contributed by atoms with van der Waals surface area (Å²) in [6.07, 6.45) is -4.37. The Hall–Kier alpha value is -3.36. The number of aromatic amines is 2. The molecule has 4 rings (SSSR count). The lowest BCUT2D eigenvalue weighted by Crippen LogP contribution is -2.16. The van der Waals surface area contributed by atoms with Crippen LogP contribution in [0.3, 0.4) is 0 Å². The second-order valence-electron chi connectivity index (χ2n) is 6.56. The lowest BCUT2D eigenvalue weighted by atomic mass is 10.0. The molecular weight excluding hydrogens is 371 g/mol. The van der Waals surface area contributed by atoms with Gasteiger partial charge in [0, 0.05) is 23.7 Å². The monoisotopic (exact) mass is 387 g/mol. The van der Waals surface area contributed by atoms with Crippen molar-refractivity contribution in [2.24, 2.45) is 0 Å². The Kier molecular flexibility index (Phi) is 4.10. The molecule has 0 unspecified atom stereocenters. The molecule has 1 aromatic carbocycles. The van der Waals surface area contributed by atoms with Gasteiger partial charge in [0.15, 0.2) is 5.65 Å². The summed E-state index contributed by atoms with van der Waals surface area (Å²) in [6, 6.07) is 9.34. The predicted octanol–water partition coefficient (Wildman–Crippen LogP) is 3.64. The fourth-order valence-electron chi connectivity index (χ4n) is 3.27. The highest BCUT2D eigenvalue weighted by Gasteiger charge is 2.38. The number of rotatable bonds is 3. The number of aromatic nitrogens is 5. The van der Waals surface area contributed by atoms with Gasteiger partial charge in [-0.3, -0.25) is 15.0 Å². The van der Waals surface area contributed by atoms with Gasteiger partial charge in [0.05, 0.1) is 17.0 Å². The first-order valence-corrected chi connectivity index (χ1v) is 8.53. The Morgan fingerprint density at radius 3 is 2.46 bits per heavy atom. The number of benzene rings is 1. The third-order valence-electron chi connectivity index (χ3n) is 4.65. The van der Waals surface area contributed by atoms with Crippen molar-refractivity contribution < 1.29 is 13.2 Å². The number of halogens is 3. The maximum absolute atomic E-state index is 13.6. The second kappa shape index (κ2) is 6.36. The van der Waals surface area contributed by atoms with E-state index in [1.165, 1.54) is 6.07 Å². The van der Waals surface area contributed by atoms with Crippen molar-refractivity contribution in [3.8, 4) is 11.1 Å². The van der Waals surface area contributed by atoms with Crippen LogP contribution in [0.1, 0.15) is 28.3 Å². The van der Waals surface area contributed by atoms with Crippen molar-refractivity contribution in [1.29, 1.82) is 0 Å². The van der Waals surface area contributed by atoms with Gasteiger partial charge in [-0.15, -0.1) is 0 Å². The number of aryl methyl sites for hydroxylation is 2. The van der Waals surface area contributed by atoms with Crippen LogP contribution in [0.2, 0.25) is 0 Å². The van der Waals surface area contributed by atoms with E-state index in [-0.39, 0.29) is 11.2 Å². The molecular formula is C19H16F3N5O. The molecule has 0 aliphatic heterocycles. The maximum Gasteiger partial charge on any atom is 0.433 e. The minimum atomic E-state index is -4.66. The SMILES string of the molecule is Cc1n[nH]c(C)c1Cc1cc(=O)n2[nH]c(C(F)(F)F)c(-c3ccccc3)c2n1. The fourth-order valence-corrected chi connectivity index (χ4v) is 3.27. The van der Waals surface area contributed by atoms with Crippen LogP contribution in [0.25, 0.3) is 16.8 Å². The van der Waals surface area contributed by atoms with Crippen LogP contribution in [-0.2, 0) is 12.6 Å². The van der Waals surface area contributed by atoms with E-state index < -0.39 is 17.4 Å². The van der Waals surface area contributed by atoms with E-state index in [1.54, 1.807) is 30.3 Å². The lowest BCUT2D eigenvalue weighted by Gasteiger charge is -2.07. The largest absolute Gasteiger partial charge is 0.433 e. The van der Waals surface area contributed by atoms with E-state index in [2.05, 4.69) is 20.3 Å². The molecule has 28 heavy (non-hydrogen) atoms. The van der Waals surface area contributed by atoms with E-state index in [1.807, 2.05) is 13.8 Å². The second-order valence-corrected chi connectivity index (χ2v) is 6.56. The minimum absolute atomic E-state index is 0.0557. The third-order valence-corrected chi connectivity index (χ3v) is 4.65. The molecule has 0 spiro atoms. The molecule has 6 nitrogen and oxygen atoms in total. The minimum Gasteiger partial charge on any atom is -0.284 e. The Bertz CT molecular complexity index is 1200. The molecule has 0 radical (unpaired) electrons. The van der Waals surface area contributed by atoms with E-state index in [4.69, 9.17) is 0 Å². The molecule has 0 saturated heterocycles. The summed E-state index contributed by atoms with van der Waals surface area (Å²) < 4.78 is 41.7. The molecule has 0 aliphatic carbocycles. The van der Waals surface area contributed by atoms with Gasteiger partial charge in [-0.05, 0) is 19.4 Å². The van der Waals surface area contributed by atoms with E-state index in [9.17, 15) is 18.0 Å². The lowest BCUT2D eigenvalue weighted by molar-refractivity contribution is -0.140. The van der Waals surface area contributed by atoms with Gasteiger partial charge in [0.25, 0.3) is 5.56 Å². The number of H-pyrrole nitrogens is 2. The molecule has 3 aromatic heterocycles. The van der Waals surface area contributed by atoms with E-state index in [0.29, 0.717) is 17.7 Å². The first kappa shape index (κ1) is 18.0. The van der Waals surface area contributed by atoms with Gasteiger partial charge >= 0.3 is 6.18 Å². The average molecular weight is 387 g/mol. The van der Waals surface area contributed by atoms with Crippen LogP contribution in [-0.4, -0.2) is 24.8 Å². The zero-order chi connectivity index (χ0) is 20.1. The van der Waals surface area contributed by atoms with Crippen molar-refractivity contribution in [1.82, 2.24) is 24.8 Å². The molecule has 0 atom stereocenters. The number of alkyl halides is 3. The first-order chi connectivity index (χ1) is 13.3. The molecule has 0 bridgehead atoms. The molecule has 2 N–H and O–H groups in total. The van der Waals surface area contributed by atoms with E-state index in [0.717, 1.165) is 21.5 Å². The highest BCUT2D eigenvalue weighted by atomic mass is 19.4. The Morgan fingerprint density at radius 2 is 1.86 bits per heavy atom. The smallest absolute Gasteiger partial charge is 0.284 e. The van der Waals surface area contributed by atoms with Gasteiger partial charge in [-0.25, -0.2) is 9.50 Å². The van der Waals surface area contributed by atoms with Crippen LogP contribution in [0.15, 0.2) is 41.2 Å². The normalized spacial score (nSPS) is 12.0. The molecule has 3 heterocycles. The summed E-state index contributed by atoms with van der Waals surface area (Å²) in [6.45, 7) is 3.66. The van der Waals surface area contributed by atoms with Gasteiger partial charge in [0.2, 0.25) is 0 Å². The zero-order valence-electron chi connectivity index (χ0n) is 15.1. The highest BCUT2D eigenvalue weighted by molar-refractivity contribution is 5.80. The van der Waals surface area contributed by atoms with Crippen molar-refractivity contribution in [3.05, 3.63) is 75.1 Å². The molecule has 144 valence electrons. The van der Waals surface area contributed by atoms with Crippen molar-refractivity contribution in [3.63, 3.8) is 0 Å². The quantitative estimate of drug-likeness (QED) is 0.563. The predicted molar refractivity (Wildman–Crippen MR) is 97.1 cm³/mol. The van der Waals surface area contributed by atoms with Crippen LogP contribution in [0.5, 0.6) is 0 Å². The van der Waals surface area contributed by atoms with Gasteiger partial charge in [-0.2, -0.15) is 18.3 Å². The van der Waals surface area contributed by atoms with Gasteiger partial charge < -0.3 is 0 Å². The summed E-state index contributed by atoms with van der Waals surface area (Å²) >= 11 is 0. The number of fused-ring (bicyclic) bond motifs is 1. The van der Waals surface area contributed by atoms with Crippen molar-refractivity contribution in [2.45, 2.75) is 26.4 Å².